The third-order valence-corrected chi connectivity index (χ3v) is 4.37. The van der Waals surface area contributed by atoms with E-state index in [1.807, 2.05) is 0 Å². The van der Waals surface area contributed by atoms with Gasteiger partial charge >= 0.3 is 5.97 Å². The monoisotopic (exact) mass is 321 g/mol. The molecule has 19 heavy (non-hydrogen) atoms. The van der Waals surface area contributed by atoms with Crippen LogP contribution in [0, 0.1) is 0 Å². The normalized spacial score (nSPS) is 11.9. The van der Waals surface area contributed by atoms with Crippen LogP contribution in [0.3, 0.4) is 0 Å². The van der Waals surface area contributed by atoms with Crippen molar-refractivity contribution in [2.75, 3.05) is 11.1 Å². The molecule has 0 radical (unpaired) electrons. The van der Waals surface area contributed by atoms with E-state index in [0.717, 1.165) is 11.8 Å². The van der Waals surface area contributed by atoms with Crippen LogP contribution in [0.2, 0.25) is 10.0 Å². The molecule has 1 aromatic rings. The highest BCUT2D eigenvalue weighted by molar-refractivity contribution is 8.01. The molecule has 1 rings (SSSR count). The molecule has 104 valence electrons. The van der Waals surface area contributed by atoms with Gasteiger partial charge in [-0.3, -0.25) is 9.59 Å². The summed E-state index contributed by atoms with van der Waals surface area (Å²) in [5.41, 5.74) is 0.531. The van der Waals surface area contributed by atoms with Gasteiger partial charge in [0.1, 0.15) is 5.25 Å². The third kappa shape index (κ3) is 5.30. The van der Waals surface area contributed by atoms with Crippen molar-refractivity contribution in [3.63, 3.8) is 0 Å². The Morgan fingerprint density at radius 2 is 2.05 bits per heavy atom. The van der Waals surface area contributed by atoms with Gasteiger partial charge in [-0.25, -0.2) is 0 Å². The standard InChI is InChI=1S/C12H13Cl2NO3S/c1-2-10(12(17)18)19-6-11(16)15-7-3-4-8(13)9(14)5-7/h3-5,10H,2,6H2,1H3,(H,15,16)(H,17,18). The summed E-state index contributed by atoms with van der Waals surface area (Å²) >= 11 is 12.7. The summed E-state index contributed by atoms with van der Waals surface area (Å²) in [6.07, 6.45) is 0.472. The highest BCUT2D eigenvalue weighted by Gasteiger charge is 2.17. The molecule has 7 heteroatoms. The first-order valence-corrected chi connectivity index (χ1v) is 7.33. The molecule has 0 saturated heterocycles. The predicted octanol–water partition coefficient (Wildman–Crippen LogP) is 3.53. The molecule has 0 aliphatic rings. The number of thioether (sulfide) groups is 1. The molecule has 0 heterocycles. The number of carbonyl (C=O) groups excluding carboxylic acids is 1. The van der Waals surface area contributed by atoms with Crippen molar-refractivity contribution in [2.24, 2.45) is 0 Å². The van der Waals surface area contributed by atoms with E-state index in [1.54, 1.807) is 25.1 Å². The Morgan fingerprint density at radius 3 is 2.58 bits per heavy atom. The highest BCUT2D eigenvalue weighted by Crippen LogP contribution is 2.25. The Balaban J connectivity index is 2.51. The molecular formula is C12H13Cl2NO3S. The van der Waals surface area contributed by atoms with Gasteiger partial charge in [0.2, 0.25) is 5.91 Å². The van der Waals surface area contributed by atoms with E-state index in [1.165, 1.54) is 0 Å². The fourth-order valence-electron chi connectivity index (χ4n) is 1.31. The Hall–Kier alpha value is -0.910. The van der Waals surface area contributed by atoms with Crippen molar-refractivity contribution in [1.82, 2.24) is 0 Å². The number of amides is 1. The maximum Gasteiger partial charge on any atom is 0.316 e. The van der Waals surface area contributed by atoms with Crippen LogP contribution in [0.1, 0.15) is 13.3 Å². The third-order valence-electron chi connectivity index (χ3n) is 2.27. The lowest BCUT2D eigenvalue weighted by Crippen LogP contribution is -2.20. The zero-order chi connectivity index (χ0) is 14.4. The topological polar surface area (TPSA) is 66.4 Å². The van der Waals surface area contributed by atoms with Crippen molar-refractivity contribution in [1.29, 1.82) is 0 Å². The zero-order valence-electron chi connectivity index (χ0n) is 10.2. The quantitative estimate of drug-likeness (QED) is 0.841. The van der Waals surface area contributed by atoms with Crippen molar-refractivity contribution in [3.8, 4) is 0 Å². The number of hydrogen-bond donors (Lipinski definition) is 2. The first kappa shape index (κ1) is 16.1. The lowest BCUT2D eigenvalue weighted by molar-refractivity contribution is -0.136. The summed E-state index contributed by atoms with van der Waals surface area (Å²) in [4.78, 5) is 22.4. The van der Waals surface area contributed by atoms with Crippen molar-refractivity contribution in [2.45, 2.75) is 18.6 Å². The molecule has 0 aromatic heterocycles. The summed E-state index contributed by atoms with van der Waals surface area (Å²) < 4.78 is 0. The number of carboxylic acid groups (broad SMARTS) is 1. The van der Waals surface area contributed by atoms with E-state index in [0.29, 0.717) is 22.2 Å². The molecule has 2 N–H and O–H groups in total. The first-order chi connectivity index (χ1) is 8.93. The minimum Gasteiger partial charge on any atom is -0.480 e. The molecule has 1 unspecified atom stereocenters. The van der Waals surface area contributed by atoms with Crippen LogP contribution < -0.4 is 5.32 Å². The van der Waals surface area contributed by atoms with E-state index in [4.69, 9.17) is 28.3 Å². The molecule has 4 nitrogen and oxygen atoms in total. The molecule has 1 aromatic carbocycles. The molecular weight excluding hydrogens is 309 g/mol. The Bertz CT molecular complexity index is 482. The summed E-state index contributed by atoms with van der Waals surface area (Å²) in [6, 6.07) is 4.75. The summed E-state index contributed by atoms with van der Waals surface area (Å²) in [7, 11) is 0. The van der Waals surface area contributed by atoms with Crippen LogP contribution in [0.15, 0.2) is 18.2 Å². The molecule has 0 spiro atoms. The maximum absolute atomic E-state index is 11.7. The number of halogens is 2. The van der Waals surface area contributed by atoms with Crippen molar-refractivity contribution in [3.05, 3.63) is 28.2 Å². The minimum atomic E-state index is -0.908. The molecule has 0 bridgehead atoms. The predicted molar refractivity (Wildman–Crippen MR) is 79.3 cm³/mol. The fourth-order valence-corrected chi connectivity index (χ4v) is 2.41. The fraction of sp³-hybridized carbons (Fsp3) is 0.333. The van der Waals surface area contributed by atoms with Gasteiger partial charge in [0.25, 0.3) is 0 Å². The van der Waals surface area contributed by atoms with E-state index in [2.05, 4.69) is 5.32 Å². The number of hydrogen-bond acceptors (Lipinski definition) is 3. The van der Waals surface area contributed by atoms with E-state index in [-0.39, 0.29) is 11.7 Å². The van der Waals surface area contributed by atoms with E-state index >= 15 is 0 Å². The first-order valence-electron chi connectivity index (χ1n) is 5.53. The second-order valence-electron chi connectivity index (χ2n) is 3.72. The number of aliphatic carboxylic acids is 1. The summed E-state index contributed by atoms with van der Waals surface area (Å²) in [5, 5.41) is 11.7. The Kier molecular flexibility index (Phi) is 6.48. The van der Waals surface area contributed by atoms with Gasteiger partial charge in [0.15, 0.2) is 0 Å². The van der Waals surface area contributed by atoms with Crippen LogP contribution in [0.5, 0.6) is 0 Å². The van der Waals surface area contributed by atoms with Gasteiger partial charge in [-0.15, -0.1) is 11.8 Å². The van der Waals surface area contributed by atoms with E-state index < -0.39 is 11.2 Å². The lowest BCUT2D eigenvalue weighted by atomic mass is 10.3. The molecule has 0 aliphatic heterocycles. The van der Waals surface area contributed by atoms with Crippen LogP contribution >= 0.6 is 35.0 Å². The number of nitrogens with one attached hydrogen (secondary N) is 1. The largest absolute Gasteiger partial charge is 0.480 e. The average Bonchev–Trinajstić information content (AvgIpc) is 2.34. The SMILES string of the molecule is CCC(SCC(=O)Nc1ccc(Cl)c(Cl)c1)C(=O)O. The van der Waals surface area contributed by atoms with Crippen LogP contribution in [0.4, 0.5) is 5.69 Å². The van der Waals surface area contributed by atoms with Gasteiger partial charge in [-0.05, 0) is 24.6 Å². The van der Waals surface area contributed by atoms with Crippen molar-refractivity contribution < 1.29 is 14.7 Å². The van der Waals surface area contributed by atoms with Crippen molar-refractivity contribution >= 4 is 52.5 Å². The second-order valence-corrected chi connectivity index (χ2v) is 5.73. The molecule has 1 atom stereocenters. The Morgan fingerprint density at radius 1 is 1.37 bits per heavy atom. The molecule has 0 aliphatic carbocycles. The minimum absolute atomic E-state index is 0.0745. The van der Waals surface area contributed by atoms with Gasteiger partial charge in [-0.1, -0.05) is 30.1 Å². The summed E-state index contributed by atoms with van der Waals surface area (Å²) in [5.74, 6) is -1.11. The maximum atomic E-state index is 11.7. The van der Waals surface area contributed by atoms with Gasteiger partial charge in [0, 0.05) is 5.69 Å². The van der Waals surface area contributed by atoms with E-state index in [9.17, 15) is 9.59 Å². The average molecular weight is 322 g/mol. The van der Waals surface area contributed by atoms with Crippen LogP contribution in [-0.2, 0) is 9.59 Å². The molecule has 0 fully saturated rings. The number of carboxylic acids is 1. The highest BCUT2D eigenvalue weighted by atomic mass is 35.5. The van der Waals surface area contributed by atoms with Gasteiger partial charge in [0.05, 0.1) is 15.8 Å². The Labute approximate surface area is 125 Å². The van der Waals surface area contributed by atoms with Crippen LogP contribution in [0.25, 0.3) is 0 Å². The number of rotatable bonds is 6. The number of anilines is 1. The molecule has 1 amide bonds. The second kappa shape index (κ2) is 7.62. The zero-order valence-corrected chi connectivity index (χ0v) is 12.5. The smallest absolute Gasteiger partial charge is 0.316 e. The number of carbonyl (C=O) groups is 2. The van der Waals surface area contributed by atoms with Gasteiger partial charge in [-0.2, -0.15) is 0 Å². The summed E-state index contributed by atoms with van der Waals surface area (Å²) in [6.45, 7) is 1.77. The molecule has 0 saturated carbocycles. The number of benzene rings is 1. The lowest BCUT2D eigenvalue weighted by Gasteiger charge is -2.10. The van der Waals surface area contributed by atoms with Gasteiger partial charge < -0.3 is 10.4 Å². The van der Waals surface area contributed by atoms with Crippen LogP contribution in [-0.4, -0.2) is 28.0 Å².